The van der Waals surface area contributed by atoms with Crippen molar-refractivity contribution in [2.75, 3.05) is 6.61 Å². The number of nitrogens with two attached hydrogens (primary N) is 1. The van der Waals surface area contributed by atoms with Crippen molar-refractivity contribution >= 4 is 0 Å². The van der Waals surface area contributed by atoms with Gasteiger partial charge in [0.25, 0.3) is 0 Å². The molecule has 0 bridgehead atoms. The van der Waals surface area contributed by atoms with Crippen LogP contribution in [0, 0.1) is 0 Å². The number of hydrogen-bond acceptors (Lipinski definition) is 3. The Morgan fingerprint density at radius 2 is 2.26 bits per heavy atom. The molecule has 1 aliphatic rings. The SMILES string of the molecule is NC(CCc1cccnc1)c1ccc2c(c1)CCO2. The van der Waals surface area contributed by atoms with E-state index in [1.54, 1.807) is 6.20 Å². The third-order valence-electron chi connectivity index (χ3n) is 3.61. The highest BCUT2D eigenvalue weighted by Crippen LogP contribution is 2.28. The Hall–Kier alpha value is -1.87. The van der Waals surface area contributed by atoms with Gasteiger partial charge in [-0.1, -0.05) is 18.2 Å². The summed E-state index contributed by atoms with van der Waals surface area (Å²) in [5.74, 6) is 1.02. The summed E-state index contributed by atoms with van der Waals surface area (Å²) >= 11 is 0. The van der Waals surface area contributed by atoms with Gasteiger partial charge < -0.3 is 10.5 Å². The molecule has 1 aromatic heterocycles. The van der Waals surface area contributed by atoms with Gasteiger partial charge in [-0.15, -0.1) is 0 Å². The molecule has 1 aliphatic heterocycles. The summed E-state index contributed by atoms with van der Waals surface area (Å²) in [6.07, 6.45) is 6.60. The molecule has 2 N–H and O–H groups in total. The largest absolute Gasteiger partial charge is 0.493 e. The zero-order valence-corrected chi connectivity index (χ0v) is 10.9. The standard InChI is InChI=1S/C16H18N2O/c17-15(5-3-12-2-1-8-18-11-12)13-4-6-16-14(10-13)7-9-19-16/h1-2,4,6,8,10-11,15H,3,5,7,9,17H2. The number of benzene rings is 1. The quantitative estimate of drug-likeness (QED) is 0.912. The lowest BCUT2D eigenvalue weighted by atomic mass is 9.98. The van der Waals surface area contributed by atoms with Crippen molar-refractivity contribution in [3.63, 3.8) is 0 Å². The Labute approximate surface area is 113 Å². The summed E-state index contributed by atoms with van der Waals surface area (Å²) < 4.78 is 5.51. The number of pyridine rings is 1. The van der Waals surface area contributed by atoms with Crippen molar-refractivity contribution in [3.05, 3.63) is 59.4 Å². The predicted molar refractivity (Wildman–Crippen MR) is 75.1 cm³/mol. The molecule has 1 unspecified atom stereocenters. The molecule has 1 aromatic carbocycles. The van der Waals surface area contributed by atoms with E-state index in [0.717, 1.165) is 31.6 Å². The first-order chi connectivity index (χ1) is 9.33. The molecule has 1 atom stereocenters. The lowest BCUT2D eigenvalue weighted by molar-refractivity contribution is 0.357. The Morgan fingerprint density at radius 1 is 1.32 bits per heavy atom. The van der Waals surface area contributed by atoms with E-state index in [2.05, 4.69) is 23.2 Å². The molecule has 0 amide bonds. The van der Waals surface area contributed by atoms with Crippen molar-refractivity contribution in [3.8, 4) is 5.75 Å². The highest BCUT2D eigenvalue weighted by atomic mass is 16.5. The van der Waals surface area contributed by atoms with Gasteiger partial charge in [-0.05, 0) is 41.7 Å². The van der Waals surface area contributed by atoms with Crippen LogP contribution in [0.5, 0.6) is 5.75 Å². The number of fused-ring (bicyclic) bond motifs is 1. The first-order valence-electron chi connectivity index (χ1n) is 6.73. The molecule has 3 heteroatoms. The molecule has 0 saturated carbocycles. The average molecular weight is 254 g/mol. The van der Waals surface area contributed by atoms with Crippen molar-refractivity contribution in [1.82, 2.24) is 4.98 Å². The van der Waals surface area contributed by atoms with E-state index >= 15 is 0 Å². The first kappa shape index (κ1) is 12.2. The maximum atomic E-state index is 6.28. The van der Waals surface area contributed by atoms with Crippen molar-refractivity contribution in [2.45, 2.75) is 25.3 Å². The zero-order chi connectivity index (χ0) is 13.1. The van der Waals surface area contributed by atoms with Crippen LogP contribution in [-0.2, 0) is 12.8 Å². The van der Waals surface area contributed by atoms with Crippen LogP contribution in [-0.4, -0.2) is 11.6 Å². The van der Waals surface area contributed by atoms with Crippen LogP contribution in [0.15, 0.2) is 42.7 Å². The fourth-order valence-corrected chi connectivity index (χ4v) is 2.47. The fourth-order valence-electron chi connectivity index (χ4n) is 2.47. The molecule has 3 rings (SSSR count). The molecule has 0 spiro atoms. The van der Waals surface area contributed by atoms with E-state index in [4.69, 9.17) is 10.5 Å². The fraction of sp³-hybridized carbons (Fsp3) is 0.312. The number of nitrogens with zero attached hydrogens (tertiary/aromatic N) is 1. The van der Waals surface area contributed by atoms with Gasteiger partial charge in [0, 0.05) is 24.9 Å². The van der Waals surface area contributed by atoms with Gasteiger partial charge in [0.05, 0.1) is 6.61 Å². The molecule has 3 nitrogen and oxygen atoms in total. The molecule has 0 aliphatic carbocycles. The van der Waals surface area contributed by atoms with Crippen LogP contribution in [0.4, 0.5) is 0 Å². The van der Waals surface area contributed by atoms with E-state index < -0.39 is 0 Å². The molecular formula is C16H18N2O. The van der Waals surface area contributed by atoms with Crippen molar-refractivity contribution in [1.29, 1.82) is 0 Å². The number of hydrogen-bond donors (Lipinski definition) is 1. The van der Waals surface area contributed by atoms with Gasteiger partial charge in [0.2, 0.25) is 0 Å². The van der Waals surface area contributed by atoms with Crippen LogP contribution in [0.3, 0.4) is 0 Å². The first-order valence-corrected chi connectivity index (χ1v) is 6.73. The van der Waals surface area contributed by atoms with Gasteiger partial charge >= 0.3 is 0 Å². The van der Waals surface area contributed by atoms with Crippen LogP contribution in [0.25, 0.3) is 0 Å². The van der Waals surface area contributed by atoms with Gasteiger partial charge in [-0.2, -0.15) is 0 Å². The highest BCUT2D eigenvalue weighted by Gasteiger charge is 2.14. The maximum absolute atomic E-state index is 6.28. The van der Waals surface area contributed by atoms with Crippen LogP contribution in [0.1, 0.15) is 29.2 Å². The van der Waals surface area contributed by atoms with Gasteiger partial charge in [-0.25, -0.2) is 0 Å². The lowest BCUT2D eigenvalue weighted by Gasteiger charge is -2.13. The average Bonchev–Trinajstić information content (AvgIpc) is 2.93. The third kappa shape index (κ3) is 2.76. The number of aromatic nitrogens is 1. The van der Waals surface area contributed by atoms with E-state index in [1.807, 2.05) is 18.3 Å². The van der Waals surface area contributed by atoms with Crippen molar-refractivity contribution in [2.24, 2.45) is 5.73 Å². The summed E-state index contributed by atoms with van der Waals surface area (Å²) in [6.45, 7) is 0.795. The second-order valence-electron chi connectivity index (χ2n) is 4.97. The monoisotopic (exact) mass is 254 g/mol. The lowest BCUT2D eigenvalue weighted by Crippen LogP contribution is -2.11. The van der Waals surface area contributed by atoms with Crippen LogP contribution >= 0.6 is 0 Å². The number of ether oxygens (including phenoxy) is 1. The zero-order valence-electron chi connectivity index (χ0n) is 10.9. The summed E-state index contributed by atoms with van der Waals surface area (Å²) in [5, 5.41) is 0. The molecule has 19 heavy (non-hydrogen) atoms. The molecule has 2 heterocycles. The third-order valence-corrected chi connectivity index (χ3v) is 3.61. The topological polar surface area (TPSA) is 48.1 Å². The van der Waals surface area contributed by atoms with Gasteiger partial charge in [0.1, 0.15) is 5.75 Å². The molecular weight excluding hydrogens is 236 g/mol. The Morgan fingerprint density at radius 3 is 3.11 bits per heavy atom. The summed E-state index contributed by atoms with van der Waals surface area (Å²) in [5.41, 5.74) is 10.0. The second kappa shape index (κ2) is 5.41. The normalized spacial score (nSPS) is 14.8. The minimum absolute atomic E-state index is 0.0751. The Kier molecular flexibility index (Phi) is 3.47. The number of aryl methyl sites for hydroxylation is 1. The second-order valence-corrected chi connectivity index (χ2v) is 4.97. The maximum Gasteiger partial charge on any atom is 0.122 e. The molecule has 0 radical (unpaired) electrons. The van der Waals surface area contributed by atoms with E-state index in [0.29, 0.717) is 0 Å². The van der Waals surface area contributed by atoms with Crippen LogP contribution < -0.4 is 10.5 Å². The van der Waals surface area contributed by atoms with Gasteiger partial charge in [-0.3, -0.25) is 4.98 Å². The summed E-state index contributed by atoms with van der Waals surface area (Å²) in [7, 11) is 0. The number of rotatable bonds is 4. The van der Waals surface area contributed by atoms with E-state index in [9.17, 15) is 0 Å². The minimum atomic E-state index is 0.0751. The van der Waals surface area contributed by atoms with Crippen molar-refractivity contribution < 1.29 is 4.74 Å². The molecule has 0 fully saturated rings. The molecule has 0 saturated heterocycles. The van der Waals surface area contributed by atoms with Gasteiger partial charge in [0.15, 0.2) is 0 Å². The summed E-state index contributed by atoms with van der Waals surface area (Å²) in [6, 6.07) is 10.4. The van der Waals surface area contributed by atoms with E-state index in [1.165, 1.54) is 16.7 Å². The smallest absolute Gasteiger partial charge is 0.122 e. The Bertz CT molecular complexity index is 554. The molecule has 98 valence electrons. The van der Waals surface area contributed by atoms with E-state index in [-0.39, 0.29) is 6.04 Å². The predicted octanol–water partition coefficient (Wildman–Crippen LogP) is 2.65. The van der Waals surface area contributed by atoms with Crippen LogP contribution in [0.2, 0.25) is 0 Å². The summed E-state index contributed by atoms with van der Waals surface area (Å²) in [4.78, 5) is 4.13. The minimum Gasteiger partial charge on any atom is -0.493 e. The highest BCUT2D eigenvalue weighted by molar-refractivity contribution is 5.40. The molecule has 2 aromatic rings. The Balaban J connectivity index is 1.65.